The normalized spacial score (nSPS) is 21.1. The lowest BCUT2D eigenvalue weighted by molar-refractivity contribution is 0.335. The SMILES string of the molecule is Cc1ccc(Cl)c(NC2=NC3(CCCCC3)CS2)c1Cl. The second-order valence-electron chi connectivity index (χ2n) is 5.67. The van der Waals surface area contributed by atoms with E-state index in [0.717, 1.165) is 22.2 Å². The molecule has 2 nitrogen and oxygen atoms in total. The van der Waals surface area contributed by atoms with Crippen LogP contribution in [0.25, 0.3) is 0 Å². The second-order valence-corrected chi connectivity index (χ2v) is 7.42. The van der Waals surface area contributed by atoms with Gasteiger partial charge in [0.2, 0.25) is 0 Å². The summed E-state index contributed by atoms with van der Waals surface area (Å²) in [5.41, 5.74) is 1.97. The molecule has 2 aliphatic rings. The molecule has 1 N–H and O–H groups in total. The highest BCUT2D eigenvalue weighted by Gasteiger charge is 2.36. The van der Waals surface area contributed by atoms with Crippen LogP contribution >= 0.6 is 35.0 Å². The van der Waals surface area contributed by atoms with E-state index in [4.69, 9.17) is 28.2 Å². The molecule has 1 heterocycles. The zero-order chi connectivity index (χ0) is 14.2. The molecule has 0 atom stereocenters. The molecule has 1 aliphatic carbocycles. The molecule has 5 heteroatoms. The summed E-state index contributed by atoms with van der Waals surface area (Å²) < 4.78 is 0. The van der Waals surface area contributed by atoms with Crippen LogP contribution in [0.2, 0.25) is 10.0 Å². The number of hydrogen-bond acceptors (Lipinski definition) is 3. The maximum Gasteiger partial charge on any atom is 0.161 e. The molecule has 0 bridgehead atoms. The monoisotopic (exact) mass is 328 g/mol. The van der Waals surface area contributed by atoms with Gasteiger partial charge < -0.3 is 5.32 Å². The van der Waals surface area contributed by atoms with Gasteiger partial charge in [0.1, 0.15) is 0 Å². The maximum absolute atomic E-state index is 6.34. The molecule has 1 fully saturated rings. The number of aryl methyl sites for hydroxylation is 1. The van der Waals surface area contributed by atoms with E-state index in [9.17, 15) is 0 Å². The molecule has 1 aromatic rings. The fourth-order valence-corrected chi connectivity index (χ4v) is 4.55. The minimum atomic E-state index is 0.161. The minimum Gasteiger partial charge on any atom is -0.333 e. The van der Waals surface area contributed by atoms with Crippen LogP contribution in [0.1, 0.15) is 37.7 Å². The Kier molecular flexibility index (Phi) is 4.21. The van der Waals surface area contributed by atoms with Crippen LogP contribution in [0.4, 0.5) is 5.69 Å². The predicted molar refractivity (Wildman–Crippen MR) is 90.5 cm³/mol. The molecule has 1 aromatic carbocycles. The van der Waals surface area contributed by atoms with Gasteiger partial charge in [0.05, 0.1) is 21.3 Å². The van der Waals surface area contributed by atoms with Crippen molar-refractivity contribution in [3.63, 3.8) is 0 Å². The summed E-state index contributed by atoms with van der Waals surface area (Å²) in [5, 5.41) is 5.63. The van der Waals surface area contributed by atoms with E-state index < -0.39 is 0 Å². The number of benzene rings is 1. The van der Waals surface area contributed by atoms with E-state index in [1.807, 2.05) is 19.1 Å². The van der Waals surface area contributed by atoms with Gasteiger partial charge >= 0.3 is 0 Å². The molecule has 3 rings (SSSR count). The minimum absolute atomic E-state index is 0.161. The van der Waals surface area contributed by atoms with Crippen molar-refractivity contribution < 1.29 is 0 Å². The summed E-state index contributed by atoms with van der Waals surface area (Å²) in [7, 11) is 0. The number of rotatable bonds is 1. The molecule has 1 aliphatic heterocycles. The van der Waals surface area contributed by atoms with Crippen molar-refractivity contribution in [2.24, 2.45) is 4.99 Å². The largest absolute Gasteiger partial charge is 0.333 e. The Morgan fingerprint density at radius 2 is 1.95 bits per heavy atom. The first kappa shape index (κ1) is 14.6. The molecular formula is C15H18Cl2N2S. The van der Waals surface area contributed by atoms with E-state index >= 15 is 0 Å². The first-order valence-corrected chi connectivity index (χ1v) is 8.78. The quantitative estimate of drug-likeness (QED) is 0.733. The number of aliphatic imine (C=N–C) groups is 1. The fraction of sp³-hybridized carbons (Fsp3) is 0.533. The van der Waals surface area contributed by atoms with Crippen LogP contribution in [0.5, 0.6) is 0 Å². The Morgan fingerprint density at radius 3 is 2.70 bits per heavy atom. The van der Waals surface area contributed by atoms with Gasteiger partial charge in [-0.1, -0.05) is 60.3 Å². The van der Waals surface area contributed by atoms with Gasteiger partial charge in [-0.2, -0.15) is 0 Å². The van der Waals surface area contributed by atoms with Gasteiger partial charge in [0.25, 0.3) is 0 Å². The first-order valence-electron chi connectivity index (χ1n) is 7.04. The molecule has 108 valence electrons. The average Bonchev–Trinajstić information content (AvgIpc) is 2.83. The van der Waals surface area contributed by atoms with Gasteiger partial charge in [-0.15, -0.1) is 0 Å². The Labute approximate surface area is 134 Å². The van der Waals surface area contributed by atoms with Crippen LogP contribution in [0.15, 0.2) is 17.1 Å². The molecule has 0 radical (unpaired) electrons. The summed E-state index contributed by atoms with van der Waals surface area (Å²) in [6, 6.07) is 3.81. The van der Waals surface area contributed by atoms with Crippen LogP contribution in [-0.4, -0.2) is 16.5 Å². The van der Waals surface area contributed by atoms with E-state index in [1.54, 1.807) is 11.8 Å². The Balaban J connectivity index is 1.82. The molecule has 0 aromatic heterocycles. The third-order valence-electron chi connectivity index (χ3n) is 4.12. The molecule has 0 saturated heterocycles. The number of thioether (sulfide) groups is 1. The zero-order valence-corrected chi connectivity index (χ0v) is 13.8. The number of amidine groups is 1. The van der Waals surface area contributed by atoms with Crippen molar-refractivity contribution in [3.8, 4) is 0 Å². The summed E-state index contributed by atoms with van der Waals surface area (Å²) in [6.07, 6.45) is 6.35. The van der Waals surface area contributed by atoms with E-state index in [1.165, 1.54) is 32.1 Å². The standard InChI is InChI=1S/C15H18Cl2N2S/c1-10-5-6-11(16)13(12(10)17)18-14-19-15(9-20-14)7-3-2-4-8-15/h5-6H,2-4,7-9H2,1H3,(H,18,19). The van der Waals surface area contributed by atoms with Crippen molar-refractivity contribution in [1.82, 2.24) is 0 Å². The highest BCUT2D eigenvalue weighted by Crippen LogP contribution is 2.41. The highest BCUT2D eigenvalue weighted by molar-refractivity contribution is 8.14. The molecule has 0 unspecified atom stereocenters. The third kappa shape index (κ3) is 2.81. The third-order valence-corrected chi connectivity index (χ3v) is 6.07. The van der Waals surface area contributed by atoms with Crippen LogP contribution < -0.4 is 5.32 Å². The van der Waals surface area contributed by atoms with E-state index in [0.29, 0.717) is 10.0 Å². The Morgan fingerprint density at radius 1 is 1.20 bits per heavy atom. The van der Waals surface area contributed by atoms with Crippen LogP contribution in [-0.2, 0) is 0 Å². The number of nitrogens with one attached hydrogen (secondary N) is 1. The summed E-state index contributed by atoms with van der Waals surface area (Å²) in [4.78, 5) is 4.94. The number of nitrogens with zero attached hydrogens (tertiary/aromatic N) is 1. The van der Waals surface area contributed by atoms with Crippen molar-refractivity contribution in [2.75, 3.05) is 11.1 Å². The van der Waals surface area contributed by atoms with Gasteiger partial charge in [-0.25, -0.2) is 0 Å². The Bertz CT molecular complexity index is 551. The number of anilines is 1. The van der Waals surface area contributed by atoms with Crippen molar-refractivity contribution >= 4 is 45.8 Å². The zero-order valence-electron chi connectivity index (χ0n) is 11.5. The van der Waals surface area contributed by atoms with Gasteiger partial charge in [0, 0.05) is 5.75 Å². The molecule has 1 spiro atoms. The first-order chi connectivity index (χ1) is 9.60. The van der Waals surface area contributed by atoms with E-state index in [-0.39, 0.29) is 5.54 Å². The molecule has 1 saturated carbocycles. The second kappa shape index (κ2) is 5.78. The Hall–Kier alpha value is -0.380. The number of halogens is 2. The molecular weight excluding hydrogens is 311 g/mol. The van der Waals surface area contributed by atoms with E-state index in [2.05, 4.69) is 5.32 Å². The smallest absolute Gasteiger partial charge is 0.161 e. The van der Waals surface area contributed by atoms with Gasteiger partial charge in [0.15, 0.2) is 5.17 Å². The summed E-state index contributed by atoms with van der Waals surface area (Å²) in [5.74, 6) is 1.08. The maximum atomic E-state index is 6.34. The summed E-state index contributed by atoms with van der Waals surface area (Å²) in [6.45, 7) is 1.98. The lowest BCUT2D eigenvalue weighted by Gasteiger charge is -2.29. The van der Waals surface area contributed by atoms with Gasteiger partial charge in [-0.05, 0) is 31.4 Å². The number of hydrogen-bond donors (Lipinski definition) is 1. The lowest BCUT2D eigenvalue weighted by Crippen LogP contribution is -2.29. The fourth-order valence-electron chi connectivity index (χ4n) is 2.89. The average molecular weight is 329 g/mol. The van der Waals surface area contributed by atoms with Gasteiger partial charge in [-0.3, -0.25) is 4.99 Å². The van der Waals surface area contributed by atoms with Crippen molar-refractivity contribution in [3.05, 3.63) is 27.7 Å². The van der Waals surface area contributed by atoms with Crippen LogP contribution in [0.3, 0.4) is 0 Å². The summed E-state index contributed by atoms with van der Waals surface area (Å²) >= 11 is 14.4. The topological polar surface area (TPSA) is 24.4 Å². The van der Waals surface area contributed by atoms with Crippen molar-refractivity contribution in [2.45, 2.75) is 44.6 Å². The molecule has 20 heavy (non-hydrogen) atoms. The van der Waals surface area contributed by atoms with Crippen molar-refractivity contribution in [1.29, 1.82) is 0 Å². The lowest BCUT2D eigenvalue weighted by atomic mass is 9.84. The molecule has 0 amide bonds. The predicted octanol–water partition coefficient (Wildman–Crippen LogP) is 5.52. The highest BCUT2D eigenvalue weighted by atomic mass is 35.5. The van der Waals surface area contributed by atoms with Crippen LogP contribution in [0, 0.1) is 6.92 Å².